The first kappa shape index (κ1) is 21.5. The molecular formula is C23H28N2O6. The van der Waals surface area contributed by atoms with Gasteiger partial charge in [-0.05, 0) is 36.8 Å². The molecule has 8 nitrogen and oxygen atoms in total. The summed E-state index contributed by atoms with van der Waals surface area (Å²) in [6.07, 6.45) is 4.26. The molecule has 3 heterocycles. The SMILES string of the molecule is CCCCCCOc1ccc(-c2cc3cn([C@H]4C[C@H](O)[C@@H](CO)O4)c(=O)nc3o2)cc1. The van der Waals surface area contributed by atoms with Crippen molar-refractivity contribution in [3.8, 4) is 17.1 Å². The van der Waals surface area contributed by atoms with E-state index in [1.807, 2.05) is 30.3 Å². The zero-order valence-corrected chi connectivity index (χ0v) is 17.6. The summed E-state index contributed by atoms with van der Waals surface area (Å²) in [5, 5.41) is 19.9. The van der Waals surface area contributed by atoms with E-state index >= 15 is 0 Å². The topological polar surface area (TPSA) is 107 Å². The first-order valence-corrected chi connectivity index (χ1v) is 10.8. The number of fused-ring (bicyclic) bond motifs is 1. The first-order chi connectivity index (χ1) is 15.1. The van der Waals surface area contributed by atoms with Crippen LogP contribution in [-0.4, -0.2) is 45.2 Å². The zero-order chi connectivity index (χ0) is 21.8. The number of nitrogens with zero attached hydrogens (tertiary/aromatic N) is 2. The number of aliphatic hydroxyl groups is 2. The molecule has 2 N–H and O–H groups in total. The maximum Gasteiger partial charge on any atom is 0.353 e. The molecule has 3 aromatic rings. The standard InChI is InChI=1S/C23H28N2O6/c1-2-3-4-5-10-29-17-8-6-15(7-9-17)19-11-16-13-25(23(28)24-22(16)31-19)21-12-18(27)20(14-26)30-21/h6-9,11,13,18,20-21,26-27H,2-5,10,12,14H2,1H3/t18-,20+,21+/m0/s1. The van der Waals surface area contributed by atoms with Crippen LogP contribution < -0.4 is 10.4 Å². The summed E-state index contributed by atoms with van der Waals surface area (Å²) in [6.45, 7) is 2.58. The van der Waals surface area contributed by atoms with Gasteiger partial charge < -0.3 is 24.1 Å². The van der Waals surface area contributed by atoms with E-state index in [4.69, 9.17) is 13.9 Å². The summed E-state index contributed by atoms with van der Waals surface area (Å²) in [6, 6.07) is 9.43. The number of ether oxygens (including phenoxy) is 2. The van der Waals surface area contributed by atoms with Gasteiger partial charge in [-0.3, -0.25) is 4.57 Å². The van der Waals surface area contributed by atoms with Crippen molar-refractivity contribution in [1.29, 1.82) is 0 Å². The second-order valence-corrected chi connectivity index (χ2v) is 7.85. The van der Waals surface area contributed by atoms with Gasteiger partial charge in [0.15, 0.2) is 0 Å². The lowest BCUT2D eigenvalue weighted by molar-refractivity contribution is -0.0457. The van der Waals surface area contributed by atoms with Crippen molar-refractivity contribution in [3.63, 3.8) is 0 Å². The second-order valence-electron chi connectivity index (χ2n) is 7.85. The Morgan fingerprint density at radius 1 is 1.23 bits per heavy atom. The summed E-state index contributed by atoms with van der Waals surface area (Å²) in [5.41, 5.74) is 0.559. The summed E-state index contributed by atoms with van der Waals surface area (Å²) < 4.78 is 18.5. The molecule has 1 saturated heterocycles. The molecule has 3 atom stereocenters. The molecule has 31 heavy (non-hydrogen) atoms. The smallest absolute Gasteiger partial charge is 0.353 e. The van der Waals surface area contributed by atoms with Gasteiger partial charge in [-0.15, -0.1) is 0 Å². The third-order valence-corrected chi connectivity index (χ3v) is 5.54. The van der Waals surface area contributed by atoms with Gasteiger partial charge >= 0.3 is 5.69 Å². The van der Waals surface area contributed by atoms with Crippen molar-refractivity contribution in [1.82, 2.24) is 9.55 Å². The van der Waals surface area contributed by atoms with E-state index in [1.54, 1.807) is 6.20 Å². The number of hydrogen-bond acceptors (Lipinski definition) is 7. The molecule has 1 fully saturated rings. The molecule has 1 aliphatic heterocycles. The van der Waals surface area contributed by atoms with E-state index in [-0.39, 0.29) is 18.7 Å². The van der Waals surface area contributed by atoms with E-state index < -0.39 is 24.1 Å². The number of aliphatic hydroxyl groups excluding tert-OH is 2. The molecule has 0 amide bonds. The molecule has 0 unspecified atom stereocenters. The van der Waals surface area contributed by atoms with E-state index in [2.05, 4.69) is 11.9 Å². The number of unbranched alkanes of at least 4 members (excludes halogenated alkanes) is 3. The zero-order valence-electron chi connectivity index (χ0n) is 17.6. The van der Waals surface area contributed by atoms with E-state index in [0.717, 1.165) is 17.7 Å². The van der Waals surface area contributed by atoms with Crippen LogP contribution in [0.3, 0.4) is 0 Å². The first-order valence-electron chi connectivity index (χ1n) is 10.8. The van der Waals surface area contributed by atoms with Crippen LogP contribution >= 0.6 is 0 Å². The van der Waals surface area contributed by atoms with Gasteiger partial charge in [-0.2, -0.15) is 4.98 Å². The number of rotatable bonds is 9. The third kappa shape index (κ3) is 4.81. The molecule has 0 spiro atoms. The highest BCUT2D eigenvalue weighted by Gasteiger charge is 2.35. The van der Waals surface area contributed by atoms with Crippen LogP contribution in [0.5, 0.6) is 5.75 Å². The average molecular weight is 428 g/mol. The second kappa shape index (κ2) is 9.64. The highest BCUT2D eigenvalue weighted by atomic mass is 16.5. The van der Waals surface area contributed by atoms with Crippen LogP contribution in [0.15, 0.2) is 45.7 Å². The summed E-state index contributed by atoms with van der Waals surface area (Å²) in [5.74, 6) is 1.40. The van der Waals surface area contributed by atoms with E-state index in [9.17, 15) is 15.0 Å². The maximum absolute atomic E-state index is 12.4. The monoisotopic (exact) mass is 428 g/mol. The maximum atomic E-state index is 12.4. The minimum Gasteiger partial charge on any atom is -0.494 e. The minimum absolute atomic E-state index is 0.211. The van der Waals surface area contributed by atoms with Crippen LogP contribution in [0.2, 0.25) is 0 Å². The van der Waals surface area contributed by atoms with E-state index in [0.29, 0.717) is 17.8 Å². The molecular weight excluding hydrogens is 400 g/mol. The van der Waals surface area contributed by atoms with Crippen molar-refractivity contribution in [3.05, 3.63) is 47.0 Å². The van der Waals surface area contributed by atoms with E-state index in [1.165, 1.54) is 23.8 Å². The lowest BCUT2D eigenvalue weighted by atomic mass is 10.1. The van der Waals surface area contributed by atoms with Gasteiger partial charge in [-0.25, -0.2) is 4.79 Å². The highest BCUT2D eigenvalue weighted by Crippen LogP contribution is 2.30. The average Bonchev–Trinajstić information content (AvgIpc) is 3.36. The molecule has 1 aliphatic rings. The van der Waals surface area contributed by atoms with Gasteiger partial charge in [-0.1, -0.05) is 26.2 Å². The van der Waals surface area contributed by atoms with Gasteiger partial charge in [0, 0.05) is 18.2 Å². The van der Waals surface area contributed by atoms with Crippen molar-refractivity contribution in [2.75, 3.05) is 13.2 Å². The Hall–Kier alpha value is -2.68. The molecule has 166 valence electrons. The number of benzene rings is 1. The van der Waals surface area contributed by atoms with Gasteiger partial charge in [0.25, 0.3) is 0 Å². The lowest BCUT2D eigenvalue weighted by Gasteiger charge is -2.13. The Labute approximate surface area is 180 Å². The predicted molar refractivity (Wildman–Crippen MR) is 115 cm³/mol. The molecule has 2 aromatic heterocycles. The quantitative estimate of drug-likeness (QED) is 0.504. The molecule has 0 radical (unpaired) electrons. The largest absolute Gasteiger partial charge is 0.494 e. The van der Waals surface area contributed by atoms with Crippen molar-refractivity contribution in [2.24, 2.45) is 0 Å². The number of hydrogen-bond donors (Lipinski definition) is 2. The Bertz CT molecular complexity index is 1060. The molecule has 0 aliphatic carbocycles. The van der Waals surface area contributed by atoms with Crippen LogP contribution in [0.4, 0.5) is 0 Å². The molecule has 8 heteroatoms. The highest BCUT2D eigenvalue weighted by molar-refractivity contribution is 5.79. The van der Waals surface area contributed by atoms with Crippen molar-refractivity contribution in [2.45, 2.75) is 57.5 Å². The molecule has 1 aromatic carbocycles. The van der Waals surface area contributed by atoms with Crippen LogP contribution in [-0.2, 0) is 4.74 Å². The van der Waals surface area contributed by atoms with Gasteiger partial charge in [0.1, 0.15) is 23.8 Å². The Kier molecular flexibility index (Phi) is 6.70. The molecule has 4 rings (SSSR count). The van der Waals surface area contributed by atoms with Crippen molar-refractivity contribution < 1.29 is 24.1 Å². The predicted octanol–water partition coefficient (Wildman–Crippen LogP) is 3.26. The van der Waals surface area contributed by atoms with Crippen molar-refractivity contribution >= 4 is 11.1 Å². The fourth-order valence-corrected chi connectivity index (χ4v) is 3.76. The minimum atomic E-state index is -0.829. The Morgan fingerprint density at radius 3 is 2.74 bits per heavy atom. The van der Waals surface area contributed by atoms with Crippen LogP contribution in [0.25, 0.3) is 22.4 Å². The fraction of sp³-hybridized carbons (Fsp3) is 0.478. The van der Waals surface area contributed by atoms with Gasteiger partial charge in [0.05, 0.1) is 24.7 Å². The molecule has 0 bridgehead atoms. The Morgan fingerprint density at radius 2 is 2.03 bits per heavy atom. The number of furan rings is 1. The number of aromatic nitrogens is 2. The molecule has 0 saturated carbocycles. The van der Waals surface area contributed by atoms with Crippen LogP contribution in [0, 0.1) is 0 Å². The lowest BCUT2D eigenvalue weighted by Crippen LogP contribution is -2.27. The normalized spacial score (nSPS) is 21.1. The summed E-state index contributed by atoms with van der Waals surface area (Å²) >= 11 is 0. The van der Waals surface area contributed by atoms with Crippen LogP contribution in [0.1, 0.15) is 45.3 Å². The van der Waals surface area contributed by atoms with Gasteiger partial charge in [0.2, 0.25) is 5.71 Å². The Balaban J connectivity index is 1.49. The third-order valence-electron chi connectivity index (χ3n) is 5.54. The fourth-order valence-electron chi connectivity index (χ4n) is 3.76. The summed E-state index contributed by atoms with van der Waals surface area (Å²) in [4.78, 5) is 16.4. The summed E-state index contributed by atoms with van der Waals surface area (Å²) in [7, 11) is 0.